The molecule has 8 heteroatoms. The van der Waals surface area contributed by atoms with Crippen molar-refractivity contribution in [3.05, 3.63) is 48.0 Å². The van der Waals surface area contributed by atoms with Gasteiger partial charge < -0.3 is 14.8 Å². The van der Waals surface area contributed by atoms with Crippen LogP contribution in [0.15, 0.2) is 36.4 Å². The largest absolute Gasteiger partial charge is 0.497 e. The van der Waals surface area contributed by atoms with E-state index < -0.39 is 30.0 Å². The summed E-state index contributed by atoms with van der Waals surface area (Å²) in [4.78, 5) is 25.5. The van der Waals surface area contributed by atoms with Crippen molar-refractivity contribution >= 4 is 23.2 Å². The highest BCUT2D eigenvalue weighted by Crippen LogP contribution is 2.32. The molecule has 0 aliphatic carbocycles. The summed E-state index contributed by atoms with van der Waals surface area (Å²) in [5.41, 5.74) is 0.145. The first-order chi connectivity index (χ1) is 12.3. The van der Waals surface area contributed by atoms with Crippen LogP contribution >= 0.6 is 0 Å². The lowest BCUT2D eigenvalue weighted by Crippen LogP contribution is -2.37. The molecule has 138 valence electrons. The summed E-state index contributed by atoms with van der Waals surface area (Å²) < 4.78 is 37.0. The van der Waals surface area contributed by atoms with Crippen LogP contribution in [0.2, 0.25) is 0 Å². The first-order valence-corrected chi connectivity index (χ1v) is 7.60. The third-order valence-corrected chi connectivity index (χ3v) is 3.56. The van der Waals surface area contributed by atoms with Gasteiger partial charge in [0.2, 0.25) is 11.8 Å². The minimum Gasteiger partial charge on any atom is -0.497 e. The monoisotopic (exact) mass is 364 g/mol. The SMILES string of the molecule is COc1ccc(OC)c(N(CC(=O)Nc2ccc(F)cc2F)C(C)=O)c1. The summed E-state index contributed by atoms with van der Waals surface area (Å²) >= 11 is 0. The number of ether oxygens (including phenoxy) is 2. The highest BCUT2D eigenvalue weighted by molar-refractivity contribution is 6.02. The van der Waals surface area contributed by atoms with Crippen molar-refractivity contribution < 1.29 is 27.8 Å². The molecule has 2 aromatic carbocycles. The van der Waals surface area contributed by atoms with Gasteiger partial charge in [0.15, 0.2) is 0 Å². The number of hydrogen-bond acceptors (Lipinski definition) is 4. The molecule has 0 aliphatic rings. The summed E-state index contributed by atoms with van der Waals surface area (Å²) in [5.74, 6) is -1.92. The number of carbonyl (C=O) groups is 2. The normalized spacial score (nSPS) is 10.2. The first kappa shape index (κ1) is 19.2. The predicted molar refractivity (Wildman–Crippen MR) is 92.6 cm³/mol. The van der Waals surface area contributed by atoms with E-state index in [0.717, 1.165) is 17.0 Å². The number of amides is 2. The van der Waals surface area contributed by atoms with Gasteiger partial charge in [0, 0.05) is 19.1 Å². The molecule has 2 aromatic rings. The minimum atomic E-state index is -0.910. The molecule has 0 atom stereocenters. The maximum atomic E-state index is 13.7. The fraction of sp³-hybridized carbons (Fsp3) is 0.222. The summed E-state index contributed by atoms with van der Waals surface area (Å²) in [6.07, 6.45) is 0. The van der Waals surface area contributed by atoms with Gasteiger partial charge in [-0.05, 0) is 24.3 Å². The smallest absolute Gasteiger partial charge is 0.244 e. The van der Waals surface area contributed by atoms with E-state index in [2.05, 4.69) is 5.32 Å². The van der Waals surface area contributed by atoms with Gasteiger partial charge in [0.25, 0.3) is 0 Å². The Morgan fingerprint density at radius 3 is 2.38 bits per heavy atom. The van der Waals surface area contributed by atoms with Gasteiger partial charge in [0.05, 0.1) is 25.6 Å². The fourth-order valence-electron chi connectivity index (χ4n) is 2.30. The second-order valence-electron chi connectivity index (χ2n) is 5.32. The zero-order valence-corrected chi connectivity index (χ0v) is 14.5. The Morgan fingerprint density at radius 2 is 1.81 bits per heavy atom. The molecule has 0 radical (unpaired) electrons. The van der Waals surface area contributed by atoms with Gasteiger partial charge >= 0.3 is 0 Å². The molecule has 26 heavy (non-hydrogen) atoms. The third-order valence-electron chi connectivity index (χ3n) is 3.56. The minimum absolute atomic E-state index is 0.183. The molecule has 0 saturated carbocycles. The van der Waals surface area contributed by atoms with Crippen LogP contribution in [0.3, 0.4) is 0 Å². The highest BCUT2D eigenvalue weighted by Gasteiger charge is 2.21. The molecule has 2 amide bonds. The first-order valence-electron chi connectivity index (χ1n) is 7.60. The number of carbonyl (C=O) groups excluding carboxylic acids is 2. The highest BCUT2D eigenvalue weighted by atomic mass is 19.1. The molecule has 0 fully saturated rings. The molecule has 1 N–H and O–H groups in total. The summed E-state index contributed by atoms with van der Waals surface area (Å²) in [7, 11) is 2.89. The second-order valence-corrected chi connectivity index (χ2v) is 5.32. The number of methoxy groups -OCH3 is 2. The van der Waals surface area contributed by atoms with E-state index in [1.165, 1.54) is 21.1 Å². The van der Waals surface area contributed by atoms with Crippen LogP contribution in [0.4, 0.5) is 20.2 Å². The second kappa shape index (κ2) is 8.28. The lowest BCUT2D eigenvalue weighted by molar-refractivity contribution is -0.120. The number of nitrogens with zero attached hydrogens (tertiary/aromatic N) is 1. The van der Waals surface area contributed by atoms with Crippen LogP contribution in [0.5, 0.6) is 11.5 Å². The van der Waals surface area contributed by atoms with E-state index in [0.29, 0.717) is 23.3 Å². The lowest BCUT2D eigenvalue weighted by atomic mass is 10.2. The van der Waals surface area contributed by atoms with Crippen LogP contribution in [0.1, 0.15) is 6.92 Å². The third kappa shape index (κ3) is 4.47. The molecule has 0 unspecified atom stereocenters. The van der Waals surface area contributed by atoms with Gasteiger partial charge in [-0.1, -0.05) is 0 Å². The molecule has 6 nitrogen and oxygen atoms in total. The molecule has 0 aromatic heterocycles. The molecule has 0 spiro atoms. The predicted octanol–water partition coefficient (Wildman–Crippen LogP) is 2.97. The van der Waals surface area contributed by atoms with Crippen molar-refractivity contribution in [2.75, 3.05) is 31.0 Å². The van der Waals surface area contributed by atoms with Gasteiger partial charge in [0.1, 0.15) is 29.7 Å². The fourth-order valence-corrected chi connectivity index (χ4v) is 2.30. The quantitative estimate of drug-likeness (QED) is 0.856. The van der Waals surface area contributed by atoms with E-state index in [1.54, 1.807) is 18.2 Å². The molecule has 0 heterocycles. The number of benzene rings is 2. The van der Waals surface area contributed by atoms with Crippen LogP contribution in [0, 0.1) is 11.6 Å². The average molecular weight is 364 g/mol. The summed E-state index contributed by atoms with van der Waals surface area (Å²) in [6, 6.07) is 7.57. The van der Waals surface area contributed by atoms with E-state index in [-0.39, 0.29) is 5.69 Å². The number of rotatable bonds is 6. The lowest BCUT2D eigenvalue weighted by Gasteiger charge is -2.23. The van der Waals surface area contributed by atoms with Crippen molar-refractivity contribution in [2.24, 2.45) is 0 Å². The maximum absolute atomic E-state index is 13.7. The van der Waals surface area contributed by atoms with Crippen LogP contribution < -0.4 is 19.7 Å². The molecule has 0 bridgehead atoms. The average Bonchev–Trinajstić information content (AvgIpc) is 2.61. The maximum Gasteiger partial charge on any atom is 0.244 e. The van der Waals surface area contributed by atoms with Crippen LogP contribution in [-0.2, 0) is 9.59 Å². The Morgan fingerprint density at radius 1 is 1.08 bits per heavy atom. The molecular weight excluding hydrogens is 346 g/mol. The van der Waals surface area contributed by atoms with E-state index >= 15 is 0 Å². The van der Waals surface area contributed by atoms with E-state index in [4.69, 9.17) is 9.47 Å². The number of halogens is 2. The van der Waals surface area contributed by atoms with Crippen molar-refractivity contribution in [2.45, 2.75) is 6.92 Å². The van der Waals surface area contributed by atoms with Crippen molar-refractivity contribution in [3.8, 4) is 11.5 Å². The van der Waals surface area contributed by atoms with Crippen LogP contribution in [0.25, 0.3) is 0 Å². The molecule has 2 rings (SSSR count). The van der Waals surface area contributed by atoms with E-state index in [9.17, 15) is 18.4 Å². The molecular formula is C18H18F2N2O4. The zero-order chi connectivity index (χ0) is 19.3. The zero-order valence-electron chi connectivity index (χ0n) is 14.5. The van der Waals surface area contributed by atoms with Crippen LogP contribution in [-0.4, -0.2) is 32.6 Å². The Hall–Kier alpha value is -3.16. The van der Waals surface area contributed by atoms with Crippen molar-refractivity contribution in [3.63, 3.8) is 0 Å². The van der Waals surface area contributed by atoms with Gasteiger partial charge in [-0.25, -0.2) is 8.78 Å². The van der Waals surface area contributed by atoms with E-state index in [1.807, 2.05) is 0 Å². The Bertz CT molecular complexity index is 827. The van der Waals surface area contributed by atoms with Gasteiger partial charge in [-0.15, -0.1) is 0 Å². The molecule has 0 aliphatic heterocycles. The Balaban J connectivity index is 2.25. The number of anilines is 2. The Kier molecular flexibility index (Phi) is 6.11. The number of nitrogens with one attached hydrogen (secondary N) is 1. The van der Waals surface area contributed by atoms with Gasteiger partial charge in [-0.2, -0.15) is 0 Å². The van der Waals surface area contributed by atoms with Crippen molar-refractivity contribution in [1.82, 2.24) is 0 Å². The Labute approximate surface area is 149 Å². The topological polar surface area (TPSA) is 67.9 Å². The van der Waals surface area contributed by atoms with Gasteiger partial charge in [-0.3, -0.25) is 14.5 Å². The summed E-state index contributed by atoms with van der Waals surface area (Å²) in [6.45, 7) is 0.889. The number of hydrogen-bond donors (Lipinski definition) is 1. The molecule has 0 saturated heterocycles. The summed E-state index contributed by atoms with van der Waals surface area (Å²) in [5, 5.41) is 2.31. The standard InChI is InChI=1S/C18H18F2N2O4/c1-11(23)22(16-9-13(25-2)5-7-17(16)26-3)10-18(24)21-15-6-4-12(19)8-14(15)20/h4-9H,10H2,1-3H3,(H,21,24). The van der Waals surface area contributed by atoms with Crippen molar-refractivity contribution in [1.29, 1.82) is 0 Å².